The van der Waals surface area contributed by atoms with Crippen molar-refractivity contribution in [3.63, 3.8) is 0 Å². The molecule has 2 N–H and O–H groups in total. The van der Waals surface area contributed by atoms with Crippen LogP contribution < -0.4 is 5.14 Å². The van der Waals surface area contributed by atoms with Crippen molar-refractivity contribution < 1.29 is 13.2 Å². The van der Waals surface area contributed by atoms with E-state index in [0.29, 0.717) is 19.0 Å². The van der Waals surface area contributed by atoms with Gasteiger partial charge in [0.05, 0.1) is 6.61 Å². The fourth-order valence-electron chi connectivity index (χ4n) is 3.13. The van der Waals surface area contributed by atoms with E-state index in [1.165, 1.54) is 6.42 Å². The molecular formula is C13H24N4O3S. The van der Waals surface area contributed by atoms with Crippen molar-refractivity contribution in [1.82, 2.24) is 14.8 Å². The minimum Gasteiger partial charge on any atom is -0.383 e. The second-order valence-corrected chi connectivity index (χ2v) is 7.77. The van der Waals surface area contributed by atoms with E-state index in [1.807, 2.05) is 0 Å². The van der Waals surface area contributed by atoms with E-state index >= 15 is 0 Å². The zero-order chi connectivity index (χ0) is 15.7. The third kappa shape index (κ3) is 3.44. The van der Waals surface area contributed by atoms with E-state index in [9.17, 15) is 8.42 Å². The zero-order valence-electron chi connectivity index (χ0n) is 12.9. The molecule has 0 aromatic carbocycles. The van der Waals surface area contributed by atoms with Crippen molar-refractivity contribution in [3.05, 3.63) is 5.82 Å². The van der Waals surface area contributed by atoms with E-state index in [4.69, 9.17) is 9.88 Å². The van der Waals surface area contributed by atoms with Gasteiger partial charge in [0.1, 0.15) is 5.82 Å². The van der Waals surface area contributed by atoms with Crippen LogP contribution in [0.1, 0.15) is 51.3 Å². The molecule has 7 nitrogen and oxygen atoms in total. The Morgan fingerprint density at radius 2 is 2.10 bits per heavy atom. The van der Waals surface area contributed by atoms with Gasteiger partial charge in [0.25, 0.3) is 15.2 Å². The predicted molar refractivity (Wildman–Crippen MR) is 78.3 cm³/mol. The Bertz CT molecular complexity index is 595. The number of aromatic nitrogens is 3. The molecule has 0 radical (unpaired) electrons. The standard InChI is InChI=1S/C13H24N4O3S/c1-13(2)7-5-4-6-10(13)11-15-16-12(21(14,18)19)17(11)8-9-20-3/h10H,4-9H2,1-3H3,(H2,14,18,19). The van der Waals surface area contributed by atoms with E-state index in [-0.39, 0.29) is 16.5 Å². The molecule has 21 heavy (non-hydrogen) atoms. The van der Waals surface area contributed by atoms with Gasteiger partial charge in [-0.3, -0.25) is 4.57 Å². The van der Waals surface area contributed by atoms with Crippen LogP contribution in [0.25, 0.3) is 0 Å². The van der Waals surface area contributed by atoms with Crippen LogP contribution in [0.2, 0.25) is 0 Å². The van der Waals surface area contributed by atoms with Crippen molar-refractivity contribution in [2.24, 2.45) is 10.6 Å². The van der Waals surface area contributed by atoms with E-state index in [0.717, 1.165) is 19.3 Å². The molecule has 1 aromatic heterocycles. The topological polar surface area (TPSA) is 100 Å². The van der Waals surface area contributed by atoms with Gasteiger partial charge in [-0.15, -0.1) is 10.2 Å². The van der Waals surface area contributed by atoms with Gasteiger partial charge in [-0.05, 0) is 18.3 Å². The van der Waals surface area contributed by atoms with Gasteiger partial charge < -0.3 is 4.74 Å². The molecule has 1 heterocycles. The highest BCUT2D eigenvalue weighted by molar-refractivity contribution is 7.89. The Hall–Kier alpha value is -0.990. The third-order valence-electron chi connectivity index (χ3n) is 4.34. The Morgan fingerprint density at radius 3 is 2.67 bits per heavy atom. The first-order valence-corrected chi connectivity index (χ1v) is 8.77. The summed E-state index contributed by atoms with van der Waals surface area (Å²) in [6, 6.07) is 0. The summed E-state index contributed by atoms with van der Waals surface area (Å²) in [5, 5.41) is 13.1. The largest absolute Gasteiger partial charge is 0.383 e. The average molecular weight is 316 g/mol. The van der Waals surface area contributed by atoms with Gasteiger partial charge >= 0.3 is 0 Å². The first-order chi connectivity index (χ1) is 9.77. The highest BCUT2D eigenvalue weighted by Crippen LogP contribution is 2.46. The van der Waals surface area contributed by atoms with Crippen molar-refractivity contribution in [3.8, 4) is 0 Å². The second kappa shape index (κ2) is 6.02. The van der Waals surface area contributed by atoms with E-state index < -0.39 is 10.0 Å². The smallest absolute Gasteiger partial charge is 0.273 e. The fraction of sp³-hybridized carbons (Fsp3) is 0.846. The van der Waals surface area contributed by atoms with Gasteiger partial charge in [0.2, 0.25) is 0 Å². The summed E-state index contributed by atoms with van der Waals surface area (Å²) >= 11 is 0. The molecule has 0 aliphatic heterocycles. The predicted octanol–water partition coefficient (Wildman–Crippen LogP) is 1.26. The first-order valence-electron chi connectivity index (χ1n) is 7.22. The lowest BCUT2D eigenvalue weighted by Gasteiger charge is -2.38. The van der Waals surface area contributed by atoms with Crippen molar-refractivity contribution in [1.29, 1.82) is 0 Å². The van der Waals surface area contributed by atoms with Crippen molar-refractivity contribution in [2.45, 2.75) is 57.1 Å². The minimum atomic E-state index is -3.89. The maximum absolute atomic E-state index is 11.7. The van der Waals surface area contributed by atoms with Gasteiger partial charge in [-0.25, -0.2) is 13.6 Å². The number of sulfonamides is 1. The second-order valence-electron chi connectivity index (χ2n) is 6.32. The van der Waals surface area contributed by atoms with Crippen LogP contribution in [-0.4, -0.2) is 36.9 Å². The quantitative estimate of drug-likeness (QED) is 0.881. The molecule has 1 aliphatic carbocycles. The zero-order valence-corrected chi connectivity index (χ0v) is 13.7. The summed E-state index contributed by atoms with van der Waals surface area (Å²) in [5.74, 6) is 0.895. The molecule has 0 saturated heterocycles. The summed E-state index contributed by atoms with van der Waals surface area (Å²) in [4.78, 5) is 0. The van der Waals surface area contributed by atoms with Crippen LogP contribution in [0.5, 0.6) is 0 Å². The molecule has 0 amide bonds. The Kier molecular flexibility index (Phi) is 4.69. The van der Waals surface area contributed by atoms with Gasteiger partial charge in [0.15, 0.2) is 0 Å². The number of primary sulfonamides is 1. The van der Waals surface area contributed by atoms with Crippen LogP contribution in [-0.2, 0) is 21.3 Å². The molecule has 8 heteroatoms. The molecule has 120 valence electrons. The SMILES string of the molecule is COCCn1c(C2CCCCC2(C)C)nnc1S(N)(=O)=O. The van der Waals surface area contributed by atoms with Gasteiger partial charge in [-0.1, -0.05) is 26.7 Å². The van der Waals surface area contributed by atoms with Crippen LogP contribution in [0, 0.1) is 5.41 Å². The number of rotatable bonds is 5. The number of nitrogens with two attached hydrogens (primary N) is 1. The summed E-state index contributed by atoms with van der Waals surface area (Å²) in [7, 11) is -2.31. The number of ether oxygens (including phenoxy) is 1. The Morgan fingerprint density at radius 1 is 1.38 bits per heavy atom. The highest BCUT2D eigenvalue weighted by Gasteiger charge is 2.37. The lowest BCUT2D eigenvalue weighted by molar-refractivity contribution is 0.168. The summed E-state index contributed by atoms with van der Waals surface area (Å²) in [6.45, 7) is 5.17. The number of methoxy groups -OCH3 is 1. The molecule has 2 rings (SSSR count). The molecule has 1 atom stereocenters. The van der Waals surface area contributed by atoms with E-state index in [2.05, 4.69) is 24.0 Å². The molecule has 1 fully saturated rings. The highest BCUT2D eigenvalue weighted by atomic mass is 32.2. The molecule has 1 saturated carbocycles. The van der Waals surface area contributed by atoms with Crippen LogP contribution in [0.15, 0.2) is 5.16 Å². The third-order valence-corrected chi connectivity index (χ3v) is 5.15. The lowest BCUT2D eigenvalue weighted by Crippen LogP contribution is -2.30. The Balaban J connectivity index is 2.45. The molecular weight excluding hydrogens is 292 g/mol. The number of hydrogen-bond donors (Lipinski definition) is 1. The minimum absolute atomic E-state index is 0.0751. The Labute approximate surface area is 125 Å². The van der Waals surface area contributed by atoms with Crippen molar-refractivity contribution in [2.75, 3.05) is 13.7 Å². The summed E-state index contributed by atoms with van der Waals surface area (Å²) < 4.78 is 30.0. The molecule has 1 aromatic rings. The number of nitrogens with zero attached hydrogens (tertiary/aromatic N) is 3. The monoisotopic (exact) mass is 316 g/mol. The summed E-state index contributed by atoms with van der Waals surface area (Å²) in [5.41, 5.74) is 0.0751. The molecule has 1 unspecified atom stereocenters. The molecule has 1 aliphatic rings. The fourth-order valence-corrected chi connectivity index (χ4v) is 3.78. The lowest BCUT2D eigenvalue weighted by atomic mass is 9.68. The van der Waals surface area contributed by atoms with Crippen LogP contribution in [0.3, 0.4) is 0 Å². The summed E-state index contributed by atoms with van der Waals surface area (Å²) in [6.07, 6.45) is 4.40. The van der Waals surface area contributed by atoms with Crippen LogP contribution >= 0.6 is 0 Å². The average Bonchev–Trinajstić information content (AvgIpc) is 2.79. The maximum atomic E-state index is 11.7. The maximum Gasteiger partial charge on any atom is 0.273 e. The van der Waals surface area contributed by atoms with Crippen LogP contribution in [0.4, 0.5) is 0 Å². The molecule has 0 bridgehead atoms. The van der Waals surface area contributed by atoms with Gasteiger partial charge in [0, 0.05) is 19.6 Å². The first kappa shape index (κ1) is 16.4. The number of hydrogen-bond acceptors (Lipinski definition) is 5. The normalized spacial score (nSPS) is 22.4. The molecule has 0 spiro atoms. The van der Waals surface area contributed by atoms with E-state index in [1.54, 1.807) is 11.7 Å². The van der Waals surface area contributed by atoms with Gasteiger partial charge in [-0.2, -0.15) is 0 Å². The van der Waals surface area contributed by atoms with Crippen molar-refractivity contribution >= 4 is 10.0 Å².